The van der Waals surface area contributed by atoms with Crippen LogP contribution in [-0.4, -0.2) is 66.4 Å². The largest absolute Gasteiger partial charge is 0.473 e. The molecule has 1 aromatic heterocycles. The van der Waals surface area contributed by atoms with Gasteiger partial charge in [0.25, 0.3) is 0 Å². The van der Waals surface area contributed by atoms with E-state index in [0.29, 0.717) is 0 Å². The van der Waals surface area contributed by atoms with Crippen molar-refractivity contribution in [2.45, 2.75) is 13.0 Å². The summed E-state index contributed by atoms with van der Waals surface area (Å²) in [5.74, 6) is -2.64. The number of carboxylic acid groups (broad SMARTS) is 2. The zero-order chi connectivity index (χ0) is 16.2. The number of ether oxygens (including phenoxy) is 1. The first-order valence-electron chi connectivity index (χ1n) is 7.09. The van der Waals surface area contributed by atoms with Crippen LogP contribution in [0, 0.1) is 0 Å². The van der Waals surface area contributed by atoms with Gasteiger partial charge in [0.05, 0.1) is 26.0 Å². The van der Waals surface area contributed by atoms with Crippen LogP contribution in [0.5, 0.6) is 0 Å². The number of morpholine rings is 1. The number of hydrogen-bond donors (Lipinski definition) is 3. The van der Waals surface area contributed by atoms with Gasteiger partial charge in [-0.05, 0) is 31.6 Å². The smallest absolute Gasteiger partial charge is 0.414 e. The van der Waals surface area contributed by atoms with Crippen molar-refractivity contribution in [2.75, 3.05) is 39.4 Å². The van der Waals surface area contributed by atoms with Gasteiger partial charge >= 0.3 is 11.9 Å². The molecular formula is C14H22N2O6. The fourth-order valence-corrected chi connectivity index (χ4v) is 1.88. The SMILES string of the molecule is O=C(O)C(=O)O.c1coc(CNCCCN2CCOCC2)c1. The summed E-state index contributed by atoms with van der Waals surface area (Å²) < 4.78 is 10.5. The first kappa shape index (κ1) is 18.1. The van der Waals surface area contributed by atoms with Crippen molar-refractivity contribution in [3.05, 3.63) is 24.2 Å². The molecular weight excluding hydrogens is 292 g/mol. The second-order valence-corrected chi connectivity index (χ2v) is 4.67. The quantitative estimate of drug-likeness (QED) is 0.506. The average molecular weight is 314 g/mol. The molecule has 1 saturated heterocycles. The third-order valence-electron chi connectivity index (χ3n) is 2.99. The second-order valence-electron chi connectivity index (χ2n) is 4.67. The number of aliphatic carboxylic acids is 2. The number of nitrogens with zero attached hydrogens (tertiary/aromatic N) is 1. The van der Waals surface area contributed by atoms with E-state index >= 15 is 0 Å². The lowest BCUT2D eigenvalue weighted by Gasteiger charge is -2.26. The van der Waals surface area contributed by atoms with Gasteiger partial charge in [-0.15, -0.1) is 0 Å². The van der Waals surface area contributed by atoms with Crippen LogP contribution in [0.25, 0.3) is 0 Å². The lowest BCUT2D eigenvalue weighted by Crippen LogP contribution is -2.37. The average Bonchev–Trinajstić information content (AvgIpc) is 3.02. The Morgan fingerprint density at radius 1 is 1.23 bits per heavy atom. The molecule has 0 amide bonds. The van der Waals surface area contributed by atoms with Gasteiger partial charge in [-0.25, -0.2) is 9.59 Å². The monoisotopic (exact) mass is 314 g/mol. The van der Waals surface area contributed by atoms with E-state index in [1.807, 2.05) is 12.1 Å². The van der Waals surface area contributed by atoms with Crippen LogP contribution in [0.1, 0.15) is 12.2 Å². The van der Waals surface area contributed by atoms with Crippen molar-refractivity contribution in [3.8, 4) is 0 Å². The van der Waals surface area contributed by atoms with Crippen molar-refractivity contribution < 1.29 is 29.0 Å². The highest BCUT2D eigenvalue weighted by atomic mass is 16.5. The maximum Gasteiger partial charge on any atom is 0.414 e. The molecule has 0 saturated carbocycles. The summed E-state index contributed by atoms with van der Waals surface area (Å²) in [7, 11) is 0. The van der Waals surface area contributed by atoms with E-state index in [1.54, 1.807) is 6.26 Å². The van der Waals surface area contributed by atoms with E-state index in [2.05, 4.69) is 10.2 Å². The number of rotatable bonds is 6. The summed E-state index contributed by atoms with van der Waals surface area (Å²) in [5, 5.41) is 18.2. The Morgan fingerprint density at radius 2 is 1.91 bits per heavy atom. The van der Waals surface area contributed by atoms with E-state index < -0.39 is 11.9 Å². The molecule has 1 aliphatic rings. The molecule has 0 aliphatic carbocycles. The topological polar surface area (TPSA) is 112 Å². The molecule has 0 radical (unpaired) electrons. The fourth-order valence-electron chi connectivity index (χ4n) is 1.88. The Kier molecular flexibility index (Phi) is 8.89. The molecule has 0 atom stereocenters. The van der Waals surface area contributed by atoms with Gasteiger partial charge in [0, 0.05) is 13.1 Å². The highest BCUT2D eigenvalue weighted by Gasteiger charge is 2.08. The first-order chi connectivity index (χ1) is 10.6. The molecule has 2 heterocycles. The van der Waals surface area contributed by atoms with E-state index in [1.165, 1.54) is 6.42 Å². The van der Waals surface area contributed by atoms with Crippen molar-refractivity contribution in [1.29, 1.82) is 0 Å². The van der Waals surface area contributed by atoms with Gasteiger partial charge in [0.15, 0.2) is 0 Å². The van der Waals surface area contributed by atoms with E-state index in [0.717, 1.165) is 51.7 Å². The predicted octanol–water partition coefficient (Wildman–Crippen LogP) is 0.247. The molecule has 1 aromatic rings. The molecule has 0 unspecified atom stereocenters. The maximum absolute atomic E-state index is 9.10. The predicted molar refractivity (Wildman–Crippen MR) is 77.6 cm³/mol. The number of furan rings is 1. The number of carboxylic acids is 2. The molecule has 1 fully saturated rings. The van der Waals surface area contributed by atoms with Gasteiger partial charge in [0.1, 0.15) is 5.76 Å². The lowest BCUT2D eigenvalue weighted by molar-refractivity contribution is -0.159. The summed E-state index contributed by atoms with van der Waals surface area (Å²) in [5.41, 5.74) is 0. The van der Waals surface area contributed by atoms with Crippen LogP contribution >= 0.6 is 0 Å². The fraction of sp³-hybridized carbons (Fsp3) is 0.571. The minimum Gasteiger partial charge on any atom is -0.473 e. The molecule has 3 N–H and O–H groups in total. The second kappa shape index (κ2) is 10.8. The Morgan fingerprint density at radius 3 is 2.45 bits per heavy atom. The van der Waals surface area contributed by atoms with Gasteiger partial charge < -0.3 is 24.7 Å². The van der Waals surface area contributed by atoms with Crippen LogP contribution in [0.4, 0.5) is 0 Å². The molecule has 1 aliphatic heterocycles. The maximum atomic E-state index is 9.10. The third-order valence-corrected chi connectivity index (χ3v) is 2.99. The number of hydrogen-bond acceptors (Lipinski definition) is 6. The Bertz CT molecular complexity index is 417. The molecule has 0 aromatic carbocycles. The molecule has 124 valence electrons. The van der Waals surface area contributed by atoms with E-state index in [4.69, 9.17) is 29.0 Å². The highest BCUT2D eigenvalue weighted by molar-refractivity contribution is 6.27. The van der Waals surface area contributed by atoms with E-state index in [9.17, 15) is 0 Å². The molecule has 8 heteroatoms. The highest BCUT2D eigenvalue weighted by Crippen LogP contribution is 1.99. The summed E-state index contributed by atoms with van der Waals surface area (Å²) in [6.07, 6.45) is 2.89. The van der Waals surface area contributed by atoms with Crippen LogP contribution in [-0.2, 0) is 20.9 Å². The van der Waals surface area contributed by atoms with Crippen LogP contribution < -0.4 is 5.32 Å². The summed E-state index contributed by atoms with van der Waals surface area (Å²) >= 11 is 0. The van der Waals surface area contributed by atoms with Crippen molar-refractivity contribution in [1.82, 2.24) is 10.2 Å². The van der Waals surface area contributed by atoms with Crippen LogP contribution in [0.15, 0.2) is 22.8 Å². The normalized spacial score (nSPS) is 14.9. The summed E-state index contributed by atoms with van der Waals surface area (Å²) in [6, 6.07) is 3.92. The van der Waals surface area contributed by atoms with Gasteiger partial charge in [-0.2, -0.15) is 0 Å². The number of nitrogens with one attached hydrogen (secondary N) is 1. The summed E-state index contributed by atoms with van der Waals surface area (Å²) in [4.78, 5) is 20.7. The van der Waals surface area contributed by atoms with Gasteiger partial charge in [-0.3, -0.25) is 4.90 Å². The van der Waals surface area contributed by atoms with Crippen molar-refractivity contribution >= 4 is 11.9 Å². The van der Waals surface area contributed by atoms with Crippen LogP contribution in [0.3, 0.4) is 0 Å². The van der Waals surface area contributed by atoms with E-state index in [-0.39, 0.29) is 0 Å². The molecule has 22 heavy (non-hydrogen) atoms. The van der Waals surface area contributed by atoms with Gasteiger partial charge in [-0.1, -0.05) is 0 Å². The Balaban J connectivity index is 0.000000346. The standard InChI is InChI=1S/C12H20N2O2.C2H2O4/c1-3-12(16-8-1)11-13-4-2-5-14-6-9-15-10-7-14;3-1(4)2(5)6/h1,3,8,13H,2,4-7,9-11H2;(H,3,4)(H,5,6). The third kappa shape index (κ3) is 8.40. The molecule has 0 spiro atoms. The zero-order valence-electron chi connectivity index (χ0n) is 12.4. The molecule has 2 rings (SSSR count). The molecule has 0 bridgehead atoms. The number of carbonyl (C=O) groups is 2. The minimum atomic E-state index is -1.82. The van der Waals surface area contributed by atoms with Crippen LogP contribution in [0.2, 0.25) is 0 Å². The molecule has 8 nitrogen and oxygen atoms in total. The lowest BCUT2D eigenvalue weighted by atomic mass is 10.3. The van der Waals surface area contributed by atoms with Crippen molar-refractivity contribution in [2.24, 2.45) is 0 Å². The van der Waals surface area contributed by atoms with Gasteiger partial charge in [0.2, 0.25) is 0 Å². The zero-order valence-corrected chi connectivity index (χ0v) is 12.4. The minimum absolute atomic E-state index is 0.829. The Labute approximate surface area is 128 Å². The van der Waals surface area contributed by atoms with Crippen molar-refractivity contribution in [3.63, 3.8) is 0 Å². The Hall–Kier alpha value is -1.90. The first-order valence-corrected chi connectivity index (χ1v) is 7.09. The summed E-state index contributed by atoms with van der Waals surface area (Å²) in [6.45, 7) is 6.97.